The largest absolute Gasteiger partial charge is 0.466 e. The van der Waals surface area contributed by atoms with Crippen molar-refractivity contribution in [1.82, 2.24) is 0 Å². The van der Waals surface area contributed by atoms with E-state index < -0.39 is 23.0 Å². The predicted octanol–water partition coefficient (Wildman–Crippen LogP) is 3.22. The number of Topliss-reactive ketones (excluding diaryl/α,β-unsaturated/α-hetero) is 1. The van der Waals surface area contributed by atoms with Gasteiger partial charge in [0.15, 0.2) is 5.78 Å². The SMILES string of the molecule is CCOC(=O)/C=C/CC1=C(C)[C@](O)(/C=C/C(C)=C\C(=O)OC)C(C)(C)CC1=O. The highest BCUT2D eigenvalue weighted by Gasteiger charge is 2.49. The molecule has 6 heteroatoms. The van der Waals surface area contributed by atoms with Gasteiger partial charge in [-0.25, -0.2) is 9.59 Å². The second kappa shape index (κ2) is 9.64. The minimum atomic E-state index is -1.38. The van der Waals surface area contributed by atoms with E-state index in [9.17, 15) is 19.5 Å². The van der Waals surface area contributed by atoms with Gasteiger partial charge in [-0.05, 0) is 44.4 Å². The summed E-state index contributed by atoms with van der Waals surface area (Å²) in [6, 6.07) is 0. The molecule has 0 aromatic heterocycles. The summed E-state index contributed by atoms with van der Waals surface area (Å²) in [5.74, 6) is -1.01. The summed E-state index contributed by atoms with van der Waals surface area (Å²) in [7, 11) is 1.29. The van der Waals surface area contributed by atoms with Crippen molar-refractivity contribution in [2.45, 2.75) is 53.1 Å². The number of aliphatic hydroxyl groups is 1. The first kappa shape index (κ1) is 23.6. The third-order valence-corrected chi connectivity index (χ3v) is 4.99. The van der Waals surface area contributed by atoms with E-state index in [1.807, 2.05) is 13.8 Å². The van der Waals surface area contributed by atoms with Crippen LogP contribution in [0.3, 0.4) is 0 Å². The van der Waals surface area contributed by atoms with Crippen molar-refractivity contribution in [2.24, 2.45) is 5.41 Å². The quantitative estimate of drug-likeness (QED) is 0.408. The fourth-order valence-corrected chi connectivity index (χ4v) is 3.22. The Morgan fingerprint density at radius 1 is 1.21 bits per heavy atom. The maximum absolute atomic E-state index is 12.6. The topological polar surface area (TPSA) is 89.9 Å². The van der Waals surface area contributed by atoms with Crippen LogP contribution in [0.2, 0.25) is 0 Å². The average Bonchev–Trinajstić information content (AvgIpc) is 2.61. The first-order chi connectivity index (χ1) is 13.0. The molecule has 1 aliphatic carbocycles. The summed E-state index contributed by atoms with van der Waals surface area (Å²) in [6.07, 6.45) is 7.82. The van der Waals surface area contributed by atoms with Crippen LogP contribution in [0, 0.1) is 5.41 Å². The molecule has 0 fully saturated rings. The van der Waals surface area contributed by atoms with E-state index in [4.69, 9.17) is 4.74 Å². The first-order valence-electron chi connectivity index (χ1n) is 9.23. The third-order valence-electron chi connectivity index (χ3n) is 4.99. The van der Waals surface area contributed by atoms with Gasteiger partial charge >= 0.3 is 11.9 Å². The van der Waals surface area contributed by atoms with E-state index in [2.05, 4.69) is 4.74 Å². The van der Waals surface area contributed by atoms with Crippen LogP contribution in [-0.2, 0) is 23.9 Å². The Balaban J connectivity index is 3.24. The van der Waals surface area contributed by atoms with Gasteiger partial charge in [-0.15, -0.1) is 0 Å². The third kappa shape index (κ3) is 5.52. The lowest BCUT2D eigenvalue weighted by molar-refractivity contribution is -0.137. The molecule has 0 saturated heterocycles. The number of rotatable bonds is 7. The lowest BCUT2D eigenvalue weighted by Gasteiger charge is -2.45. The van der Waals surface area contributed by atoms with E-state index in [1.165, 1.54) is 19.3 Å². The molecule has 1 atom stereocenters. The summed E-state index contributed by atoms with van der Waals surface area (Å²) < 4.78 is 9.43. The monoisotopic (exact) mass is 390 g/mol. The zero-order valence-electron chi connectivity index (χ0n) is 17.5. The van der Waals surface area contributed by atoms with Crippen LogP contribution >= 0.6 is 0 Å². The summed E-state index contributed by atoms with van der Waals surface area (Å²) in [4.78, 5) is 35.4. The van der Waals surface area contributed by atoms with Crippen molar-refractivity contribution >= 4 is 17.7 Å². The van der Waals surface area contributed by atoms with Gasteiger partial charge in [-0.3, -0.25) is 4.79 Å². The van der Waals surface area contributed by atoms with Crippen molar-refractivity contribution in [3.63, 3.8) is 0 Å². The van der Waals surface area contributed by atoms with Crippen LogP contribution in [0.15, 0.2) is 47.1 Å². The zero-order valence-corrected chi connectivity index (χ0v) is 17.5. The van der Waals surface area contributed by atoms with E-state index in [0.717, 1.165) is 0 Å². The van der Waals surface area contributed by atoms with Crippen LogP contribution in [0.25, 0.3) is 0 Å². The Bertz CT molecular complexity index is 751. The van der Waals surface area contributed by atoms with Gasteiger partial charge in [0.05, 0.1) is 13.7 Å². The minimum Gasteiger partial charge on any atom is -0.466 e. The summed E-state index contributed by atoms with van der Waals surface area (Å²) >= 11 is 0. The molecule has 0 radical (unpaired) electrons. The van der Waals surface area contributed by atoms with Crippen LogP contribution in [0.1, 0.15) is 47.5 Å². The van der Waals surface area contributed by atoms with E-state index in [1.54, 1.807) is 39.0 Å². The lowest BCUT2D eigenvalue weighted by atomic mass is 9.62. The normalized spacial score (nSPS) is 22.8. The number of hydrogen-bond acceptors (Lipinski definition) is 6. The van der Waals surface area contributed by atoms with Crippen LogP contribution < -0.4 is 0 Å². The number of ether oxygens (including phenoxy) is 2. The average molecular weight is 390 g/mol. The number of esters is 2. The Morgan fingerprint density at radius 2 is 1.86 bits per heavy atom. The van der Waals surface area contributed by atoms with E-state index >= 15 is 0 Å². The van der Waals surface area contributed by atoms with E-state index in [-0.39, 0.29) is 25.2 Å². The minimum absolute atomic E-state index is 0.0593. The second-order valence-corrected chi connectivity index (χ2v) is 7.46. The Kier molecular flexibility index (Phi) is 8.12. The summed E-state index contributed by atoms with van der Waals surface area (Å²) in [6.45, 7) is 9.08. The van der Waals surface area contributed by atoms with E-state index in [0.29, 0.717) is 16.7 Å². The number of carbonyl (C=O) groups excluding carboxylic acids is 3. The van der Waals surface area contributed by atoms with Gasteiger partial charge in [-0.1, -0.05) is 26.0 Å². The molecule has 1 N–H and O–H groups in total. The number of allylic oxidation sites excluding steroid dienone is 4. The second-order valence-electron chi connectivity index (χ2n) is 7.46. The Morgan fingerprint density at radius 3 is 2.43 bits per heavy atom. The highest BCUT2D eigenvalue weighted by molar-refractivity contribution is 5.99. The molecule has 0 spiro atoms. The molecule has 0 aromatic rings. The highest BCUT2D eigenvalue weighted by Crippen LogP contribution is 2.47. The van der Waals surface area contributed by atoms with Gasteiger partial charge < -0.3 is 14.6 Å². The molecular weight excluding hydrogens is 360 g/mol. The van der Waals surface area contributed by atoms with Gasteiger partial charge in [0.1, 0.15) is 5.60 Å². The zero-order chi connectivity index (χ0) is 21.5. The summed E-state index contributed by atoms with van der Waals surface area (Å²) in [5, 5.41) is 11.4. The van der Waals surface area contributed by atoms with Crippen molar-refractivity contribution in [3.05, 3.63) is 47.1 Å². The van der Waals surface area contributed by atoms with Crippen LogP contribution in [0.4, 0.5) is 0 Å². The highest BCUT2D eigenvalue weighted by atomic mass is 16.5. The van der Waals surface area contributed by atoms with Gasteiger partial charge in [0, 0.05) is 29.6 Å². The fourth-order valence-electron chi connectivity index (χ4n) is 3.22. The molecule has 0 unspecified atom stereocenters. The van der Waals surface area contributed by atoms with Gasteiger partial charge in [0.2, 0.25) is 0 Å². The van der Waals surface area contributed by atoms with Gasteiger partial charge in [0.25, 0.3) is 0 Å². The Hall–Kier alpha value is -2.47. The van der Waals surface area contributed by atoms with Crippen molar-refractivity contribution < 1.29 is 29.0 Å². The number of ketones is 1. The molecule has 0 bridgehead atoms. The molecule has 0 aliphatic heterocycles. The Labute approximate surface area is 166 Å². The number of hydrogen-bond donors (Lipinski definition) is 1. The standard InChI is InChI=1S/C22H30O6/c1-7-28-19(24)10-8-9-17-16(3)22(26,21(4,5)14-18(17)23)12-11-15(2)13-20(25)27-6/h8,10-13,26H,7,9,14H2,1-6H3/b10-8+,12-11+,15-13-/t22-/m1/s1. The molecule has 0 saturated carbocycles. The first-order valence-corrected chi connectivity index (χ1v) is 9.23. The molecular formula is C22H30O6. The van der Waals surface area contributed by atoms with Crippen molar-refractivity contribution in [2.75, 3.05) is 13.7 Å². The molecule has 0 aromatic carbocycles. The molecule has 1 rings (SSSR count). The van der Waals surface area contributed by atoms with Gasteiger partial charge in [-0.2, -0.15) is 0 Å². The number of methoxy groups -OCH3 is 1. The van der Waals surface area contributed by atoms with Crippen molar-refractivity contribution in [3.8, 4) is 0 Å². The maximum Gasteiger partial charge on any atom is 0.330 e. The van der Waals surface area contributed by atoms with Crippen LogP contribution in [0.5, 0.6) is 0 Å². The molecule has 6 nitrogen and oxygen atoms in total. The lowest BCUT2D eigenvalue weighted by Crippen LogP contribution is -2.49. The molecule has 154 valence electrons. The molecule has 0 heterocycles. The molecule has 28 heavy (non-hydrogen) atoms. The molecule has 0 amide bonds. The number of carbonyl (C=O) groups is 3. The van der Waals surface area contributed by atoms with Crippen LogP contribution in [-0.4, -0.2) is 42.1 Å². The summed E-state index contributed by atoms with van der Waals surface area (Å²) in [5.41, 5.74) is -0.486. The maximum atomic E-state index is 12.6. The van der Waals surface area contributed by atoms with Crippen molar-refractivity contribution in [1.29, 1.82) is 0 Å². The smallest absolute Gasteiger partial charge is 0.330 e. The predicted molar refractivity (Wildman–Crippen MR) is 106 cm³/mol. The molecule has 1 aliphatic rings. The fraction of sp³-hybridized carbons (Fsp3) is 0.500.